The Kier molecular flexibility index (Phi) is 4.92. The van der Waals surface area contributed by atoms with Gasteiger partial charge in [-0.05, 0) is 55.0 Å². The molecule has 0 aliphatic heterocycles. The molecule has 0 heterocycles. The van der Waals surface area contributed by atoms with Crippen molar-refractivity contribution in [3.8, 4) is 11.5 Å². The van der Waals surface area contributed by atoms with E-state index in [1.54, 1.807) is 14.2 Å². The predicted molar refractivity (Wildman–Crippen MR) is 82.9 cm³/mol. The topological polar surface area (TPSA) is 30.5 Å². The van der Waals surface area contributed by atoms with Crippen molar-refractivity contribution in [3.63, 3.8) is 0 Å². The molecule has 1 N–H and O–H groups in total. The minimum atomic E-state index is 0.642. The first-order valence-electron chi connectivity index (χ1n) is 7.62. The molecule has 3 heteroatoms. The van der Waals surface area contributed by atoms with Gasteiger partial charge in [0.1, 0.15) is 0 Å². The van der Waals surface area contributed by atoms with E-state index in [2.05, 4.69) is 38.2 Å². The van der Waals surface area contributed by atoms with Crippen LogP contribution in [0.15, 0.2) is 12.1 Å². The number of ether oxygens (including phenoxy) is 2. The van der Waals surface area contributed by atoms with Gasteiger partial charge >= 0.3 is 0 Å². The average molecular weight is 277 g/mol. The molecule has 0 amide bonds. The normalized spacial score (nSPS) is 25.1. The summed E-state index contributed by atoms with van der Waals surface area (Å²) in [5.41, 5.74) is 2.73. The number of rotatable bonds is 6. The molecular formula is C17H27NO2. The molecule has 2 rings (SSSR count). The number of aryl methyl sites for hydroxylation is 1. The molecule has 0 bridgehead atoms. The van der Waals surface area contributed by atoms with Crippen molar-refractivity contribution >= 4 is 0 Å². The number of benzene rings is 1. The van der Waals surface area contributed by atoms with Crippen LogP contribution in [0.1, 0.15) is 43.7 Å². The van der Waals surface area contributed by atoms with Crippen molar-refractivity contribution in [1.29, 1.82) is 0 Å². The van der Waals surface area contributed by atoms with Crippen LogP contribution >= 0.6 is 0 Å². The second-order valence-corrected chi connectivity index (χ2v) is 5.64. The van der Waals surface area contributed by atoms with Gasteiger partial charge in [0.25, 0.3) is 0 Å². The van der Waals surface area contributed by atoms with E-state index in [9.17, 15) is 0 Å². The van der Waals surface area contributed by atoms with Gasteiger partial charge in [0.15, 0.2) is 11.5 Å². The SMILES string of the molecule is CCNC1CC(c2cc(OC)c(OC)cc2C)C1CC. The first-order chi connectivity index (χ1) is 9.65. The van der Waals surface area contributed by atoms with Crippen LogP contribution in [0.25, 0.3) is 0 Å². The minimum Gasteiger partial charge on any atom is -0.493 e. The summed E-state index contributed by atoms with van der Waals surface area (Å²) >= 11 is 0. The lowest BCUT2D eigenvalue weighted by molar-refractivity contribution is 0.162. The highest BCUT2D eigenvalue weighted by Gasteiger charge is 2.40. The van der Waals surface area contributed by atoms with Crippen LogP contribution in [-0.2, 0) is 0 Å². The second kappa shape index (κ2) is 6.49. The van der Waals surface area contributed by atoms with Gasteiger partial charge in [-0.3, -0.25) is 0 Å². The van der Waals surface area contributed by atoms with Gasteiger partial charge in [0.05, 0.1) is 14.2 Å². The van der Waals surface area contributed by atoms with Gasteiger partial charge in [-0.2, -0.15) is 0 Å². The van der Waals surface area contributed by atoms with Gasteiger partial charge in [0.2, 0.25) is 0 Å². The van der Waals surface area contributed by atoms with Crippen molar-refractivity contribution in [2.24, 2.45) is 5.92 Å². The Morgan fingerprint density at radius 2 is 1.80 bits per heavy atom. The Hall–Kier alpha value is -1.22. The highest BCUT2D eigenvalue weighted by Crippen LogP contribution is 2.47. The molecule has 1 aliphatic carbocycles. The third kappa shape index (κ3) is 2.64. The summed E-state index contributed by atoms with van der Waals surface area (Å²) < 4.78 is 10.8. The van der Waals surface area contributed by atoms with Crippen molar-refractivity contribution < 1.29 is 9.47 Å². The van der Waals surface area contributed by atoms with Crippen LogP contribution in [0.3, 0.4) is 0 Å². The van der Waals surface area contributed by atoms with Crippen LogP contribution in [-0.4, -0.2) is 26.8 Å². The molecule has 1 fully saturated rings. The zero-order valence-corrected chi connectivity index (χ0v) is 13.3. The van der Waals surface area contributed by atoms with Crippen LogP contribution in [0.4, 0.5) is 0 Å². The molecule has 1 aromatic carbocycles. The highest BCUT2D eigenvalue weighted by atomic mass is 16.5. The molecule has 1 saturated carbocycles. The smallest absolute Gasteiger partial charge is 0.161 e. The quantitative estimate of drug-likeness (QED) is 0.863. The summed E-state index contributed by atoms with van der Waals surface area (Å²) in [7, 11) is 3.40. The summed E-state index contributed by atoms with van der Waals surface area (Å²) in [4.78, 5) is 0. The maximum absolute atomic E-state index is 5.45. The summed E-state index contributed by atoms with van der Waals surface area (Å²) in [5, 5.41) is 3.60. The molecule has 3 nitrogen and oxygen atoms in total. The zero-order chi connectivity index (χ0) is 14.7. The number of nitrogens with one attached hydrogen (secondary N) is 1. The number of methoxy groups -OCH3 is 2. The van der Waals surface area contributed by atoms with E-state index in [0.717, 1.165) is 24.0 Å². The van der Waals surface area contributed by atoms with Crippen molar-refractivity contribution in [2.75, 3.05) is 20.8 Å². The largest absolute Gasteiger partial charge is 0.493 e. The van der Waals surface area contributed by atoms with E-state index < -0.39 is 0 Å². The molecular weight excluding hydrogens is 250 g/mol. The van der Waals surface area contributed by atoms with E-state index in [4.69, 9.17) is 9.47 Å². The third-order valence-electron chi connectivity index (χ3n) is 4.65. The van der Waals surface area contributed by atoms with E-state index in [1.807, 2.05) is 0 Å². The summed E-state index contributed by atoms with van der Waals surface area (Å²) in [6.45, 7) is 7.70. The molecule has 0 aromatic heterocycles. The van der Waals surface area contributed by atoms with Crippen LogP contribution < -0.4 is 14.8 Å². The molecule has 1 aromatic rings. The number of hydrogen-bond donors (Lipinski definition) is 1. The maximum Gasteiger partial charge on any atom is 0.161 e. The highest BCUT2D eigenvalue weighted by molar-refractivity contribution is 5.49. The van der Waals surface area contributed by atoms with Gasteiger partial charge in [-0.15, -0.1) is 0 Å². The first-order valence-corrected chi connectivity index (χ1v) is 7.62. The maximum atomic E-state index is 5.45. The fourth-order valence-corrected chi connectivity index (χ4v) is 3.53. The van der Waals surface area contributed by atoms with Crippen LogP contribution in [0.5, 0.6) is 11.5 Å². The molecule has 1 aliphatic rings. The van der Waals surface area contributed by atoms with Crippen molar-refractivity contribution in [3.05, 3.63) is 23.3 Å². The van der Waals surface area contributed by atoms with Gasteiger partial charge < -0.3 is 14.8 Å². The van der Waals surface area contributed by atoms with Gasteiger partial charge in [-0.1, -0.05) is 20.3 Å². The van der Waals surface area contributed by atoms with E-state index in [1.165, 1.54) is 24.0 Å². The average Bonchev–Trinajstić information content (AvgIpc) is 2.43. The van der Waals surface area contributed by atoms with Gasteiger partial charge in [-0.25, -0.2) is 0 Å². The van der Waals surface area contributed by atoms with Gasteiger partial charge in [0, 0.05) is 6.04 Å². The lowest BCUT2D eigenvalue weighted by atomic mass is 9.64. The second-order valence-electron chi connectivity index (χ2n) is 5.64. The minimum absolute atomic E-state index is 0.642. The molecule has 3 atom stereocenters. The summed E-state index contributed by atoms with van der Waals surface area (Å²) in [6.07, 6.45) is 2.44. The Morgan fingerprint density at radius 1 is 1.15 bits per heavy atom. The Morgan fingerprint density at radius 3 is 2.35 bits per heavy atom. The Bertz CT molecular complexity index is 459. The molecule has 0 spiro atoms. The van der Waals surface area contributed by atoms with Crippen LogP contribution in [0.2, 0.25) is 0 Å². The standard InChI is InChI=1S/C17H27NO2/c1-6-12-14(9-15(12)18-7-2)13-10-17(20-5)16(19-4)8-11(13)3/h8,10,12,14-15,18H,6-7,9H2,1-5H3. The lowest BCUT2D eigenvalue weighted by Crippen LogP contribution is -2.49. The molecule has 0 radical (unpaired) electrons. The molecule has 20 heavy (non-hydrogen) atoms. The van der Waals surface area contributed by atoms with Crippen molar-refractivity contribution in [1.82, 2.24) is 5.32 Å². The third-order valence-corrected chi connectivity index (χ3v) is 4.65. The Balaban J connectivity index is 2.25. The fraction of sp³-hybridized carbons (Fsp3) is 0.647. The monoisotopic (exact) mass is 277 g/mol. The van der Waals surface area contributed by atoms with E-state index >= 15 is 0 Å². The molecule has 112 valence electrons. The summed E-state index contributed by atoms with van der Waals surface area (Å²) in [5.74, 6) is 3.04. The molecule has 0 saturated heterocycles. The van der Waals surface area contributed by atoms with E-state index in [0.29, 0.717) is 12.0 Å². The van der Waals surface area contributed by atoms with E-state index in [-0.39, 0.29) is 0 Å². The molecule has 3 unspecified atom stereocenters. The summed E-state index contributed by atoms with van der Waals surface area (Å²) in [6, 6.07) is 4.94. The van der Waals surface area contributed by atoms with Crippen LogP contribution in [0, 0.1) is 12.8 Å². The zero-order valence-electron chi connectivity index (χ0n) is 13.3. The fourth-order valence-electron chi connectivity index (χ4n) is 3.53. The van der Waals surface area contributed by atoms with Crippen molar-refractivity contribution in [2.45, 2.75) is 45.6 Å². The first kappa shape index (κ1) is 15.2. The number of hydrogen-bond acceptors (Lipinski definition) is 3. The Labute approximate surface area is 122 Å². The lowest BCUT2D eigenvalue weighted by Gasteiger charge is -2.46. The predicted octanol–water partition coefficient (Wildman–Crippen LogP) is 3.50.